The van der Waals surface area contributed by atoms with E-state index >= 15 is 0 Å². The molecule has 214 valence electrons. The summed E-state index contributed by atoms with van der Waals surface area (Å²) < 4.78 is 34.8. The van der Waals surface area contributed by atoms with Gasteiger partial charge in [0.25, 0.3) is 0 Å². The van der Waals surface area contributed by atoms with Gasteiger partial charge in [-0.15, -0.1) is 0 Å². The molecule has 1 saturated heterocycles. The highest BCUT2D eigenvalue weighted by atomic mass is 32.2. The number of sulfonamides is 1. The lowest BCUT2D eigenvalue weighted by atomic mass is 10.1. The third kappa shape index (κ3) is 7.81. The second-order valence-electron chi connectivity index (χ2n) is 10.2. The maximum absolute atomic E-state index is 13.1. The van der Waals surface area contributed by atoms with Crippen molar-refractivity contribution in [3.05, 3.63) is 96.2 Å². The lowest BCUT2D eigenvalue weighted by Crippen LogP contribution is -2.26. The van der Waals surface area contributed by atoms with Crippen LogP contribution in [-0.4, -0.2) is 49.5 Å². The van der Waals surface area contributed by atoms with Gasteiger partial charge in [-0.25, -0.2) is 18.1 Å². The van der Waals surface area contributed by atoms with Gasteiger partial charge in [0.05, 0.1) is 4.90 Å². The van der Waals surface area contributed by atoms with Gasteiger partial charge >= 0.3 is 0 Å². The highest BCUT2D eigenvalue weighted by Crippen LogP contribution is 2.25. The molecule has 0 amide bonds. The van der Waals surface area contributed by atoms with E-state index in [4.69, 9.17) is 4.74 Å². The molecular formula is C31H36N6O3S. The van der Waals surface area contributed by atoms with Gasteiger partial charge < -0.3 is 15.4 Å². The van der Waals surface area contributed by atoms with E-state index in [9.17, 15) is 8.42 Å². The van der Waals surface area contributed by atoms with E-state index in [2.05, 4.69) is 30.2 Å². The van der Waals surface area contributed by atoms with Crippen LogP contribution in [0.25, 0.3) is 0 Å². The molecule has 41 heavy (non-hydrogen) atoms. The zero-order valence-electron chi connectivity index (χ0n) is 23.4. The second-order valence-corrected chi connectivity index (χ2v) is 11.9. The first-order valence-electron chi connectivity index (χ1n) is 13.9. The molecule has 4 aromatic rings. The minimum absolute atomic E-state index is 0.165. The number of rotatable bonds is 12. The van der Waals surface area contributed by atoms with Crippen molar-refractivity contribution in [1.29, 1.82) is 0 Å². The molecule has 9 nitrogen and oxygen atoms in total. The monoisotopic (exact) mass is 572 g/mol. The topological polar surface area (TPSA) is 108 Å². The van der Waals surface area contributed by atoms with Crippen molar-refractivity contribution in [1.82, 2.24) is 19.6 Å². The Morgan fingerprint density at radius 2 is 1.68 bits per heavy atom. The average molecular weight is 573 g/mol. The molecule has 5 rings (SSSR count). The largest absolute Gasteiger partial charge is 0.492 e. The number of nitrogens with one attached hydrogen (secondary N) is 3. The number of aromatic nitrogens is 2. The molecule has 0 spiro atoms. The molecule has 0 unspecified atom stereocenters. The summed E-state index contributed by atoms with van der Waals surface area (Å²) in [6.07, 6.45) is 4.27. The molecule has 0 radical (unpaired) electrons. The number of hydrogen-bond acceptors (Lipinski definition) is 8. The van der Waals surface area contributed by atoms with Gasteiger partial charge in [0.15, 0.2) is 0 Å². The zero-order valence-corrected chi connectivity index (χ0v) is 24.2. The maximum Gasteiger partial charge on any atom is 0.241 e. The number of ether oxygens (including phenoxy) is 1. The van der Waals surface area contributed by atoms with Crippen molar-refractivity contribution in [2.75, 3.05) is 36.9 Å². The Labute approximate surface area is 242 Å². The molecule has 10 heteroatoms. The van der Waals surface area contributed by atoms with Crippen LogP contribution in [0.3, 0.4) is 0 Å². The zero-order chi connectivity index (χ0) is 28.7. The van der Waals surface area contributed by atoms with Crippen molar-refractivity contribution < 1.29 is 13.2 Å². The SMILES string of the molecule is Cc1cnc(Nc2ccc(OCCN3CCCC3)cc2)nc1Nc1cccc(S(=O)(=O)N[C@@H](C)c2ccccc2)c1. The van der Waals surface area contributed by atoms with Crippen LogP contribution in [0.15, 0.2) is 90.0 Å². The number of nitrogens with zero attached hydrogens (tertiary/aromatic N) is 3. The van der Waals surface area contributed by atoms with Crippen LogP contribution in [0.2, 0.25) is 0 Å². The summed E-state index contributed by atoms with van der Waals surface area (Å²) in [6, 6.07) is 23.5. The first-order valence-corrected chi connectivity index (χ1v) is 15.3. The van der Waals surface area contributed by atoms with E-state index in [1.807, 2.05) is 68.4 Å². The molecule has 2 heterocycles. The summed E-state index contributed by atoms with van der Waals surface area (Å²) in [4.78, 5) is 11.6. The van der Waals surface area contributed by atoms with E-state index in [1.165, 1.54) is 12.8 Å². The van der Waals surface area contributed by atoms with Crippen LogP contribution in [0.1, 0.15) is 36.9 Å². The average Bonchev–Trinajstić information content (AvgIpc) is 3.50. The molecule has 3 N–H and O–H groups in total. The van der Waals surface area contributed by atoms with E-state index < -0.39 is 10.0 Å². The van der Waals surface area contributed by atoms with Gasteiger partial charge in [-0.2, -0.15) is 4.98 Å². The summed E-state index contributed by atoms with van der Waals surface area (Å²) >= 11 is 0. The highest BCUT2D eigenvalue weighted by Gasteiger charge is 2.19. The predicted octanol–water partition coefficient (Wildman–Crippen LogP) is 5.79. The van der Waals surface area contributed by atoms with Crippen molar-refractivity contribution >= 4 is 33.2 Å². The van der Waals surface area contributed by atoms with E-state index in [0.29, 0.717) is 24.1 Å². The molecule has 0 saturated carbocycles. The lowest BCUT2D eigenvalue weighted by molar-refractivity contribution is 0.238. The minimum Gasteiger partial charge on any atom is -0.492 e. The van der Waals surface area contributed by atoms with Gasteiger partial charge in [-0.1, -0.05) is 36.4 Å². The van der Waals surface area contributed by atoms with Crippen molar-refractivity contribution in [2.45, 2.75) is 37.6 Å². The van der Waals surface area contributed by atoms with Crippen LogP contribution in [0, 0.1) is 6.92 Å². The quantitative estimate of drug-likeness (QED) is 0.196. The van der Waals surface area contributed by atoms with Gasteiger partial charge in [0, 0.05) is 35.7 Å². The third-order valence-electron chi connectivity index (χ3n) is 7.00. The fourth-order valence-corrected chi connectivity index (χ4v) is 5.96. The molecule has 3 aromatic carbocycles. The Morgan fingerprint density at radius 3 is 2.44 bits per heavy atom. The Hall–Kier alpha value is -3.99. The molecule has 0 aliphatic carbocycles. The standard InChI is InChI=1S/C31H36N6O3S/c1-23-22-32-31(34-26-13-15-28(16-14-26)40-20-19-37-17-6-7-18-37)35-30(23)33-27-11-8-12-29(21-27)41(38,39)36-24(2)25-9-4-3-5-10-25/h3-5,8-16,21-22,24,36H,6-7,17-20H2,1-2H3,(H2,32,33,34,35)/t24-/m0/s1. The Kier molecular flexibility index (Phi) is 9.13. The summed E-state index contributed by atoms with van der Waals surface area (Å²) in [6.45, 7) is 7.66. The fraction of sp³-hybridized carbons (Fsp3) is 0.290. The van der Waals surface area contributed by atoms with Gasteiger partial charge in [0.1, 0.15) is 18.2 Å². The van der Waals surface area contributed by atoms with Crippen LogP contribution < -0.4 is 20.1 Å². The number of hydrogen-bond donors (Lipinski definition) is 3. The molecule has 1 atom stereocenters. The van der Waals surface area contributed by atoms with Crippen molar-refractivity contribution in [2.24, 2.45) is 0 Å². The fourth-order valence-electron chi connectivity index (χ4n) is 4.68. The Balaban J connectivity index is 1.21. The van der Waals surface area contributed by atoms with Crippen LogP contribution in [-0.2, 0) is 10.0 Å². The summed E-state index contributed by atoms with van der Waals surface area (Å²) in [5.74, 6) is 1.82. The van der Waals surface area contributed by atoms with Crippen LogP contribution in [0.4, 0.5) is 23.1 Å². The van der Waals surface area contributed by atoms with Gasteiger partial charge in [-0.05, 0) is 87.8 Å². The first kappa shape index (κ1) is 28.5. The molecular weight excluding hydrogens is 536 g/mol. The Bertz CT molecular complexity index is 1540. The molecule has 1 fully saturated rings. The molecule has 1 aliphatic heterocycles. The number of likely N-dealkylation sites (tertiary alicyclic amines) is 1. The van der Waals surface area contributed by atoms with Crippen molar-refractivity contribution in [3.63, 3.8) is 0 Å². The smallest absolute Gasteiger partial charge is 0.241 e. The molecule has 1 aromatic heterocycles. The first-order chi connectivity index (χ1) is 19.9. The molecule has 0 bridgehead atoms. The highest BCUT2D eigenvalue weighted by molar-refractivity contribution is 7.89. The van der Waals surface area contributed by atoms with E-state index in [0.717, 1.165) is 42.2 Å². The number of aryl methyl sites for hydroxylation is 1. The van der Waals surface area contributed by atoms with E-state index in [-0.39, 0.29) is 10.9 Å². The van der Waals surface area contributed by atoms with Gasteiger partial charge in [0.2, 0.25) is 16.0 Å². The summed E-state index contributed by atoms with van der Waals surface area (Å²) in [5.41, 5.74) is 3.14. The minimum atomic E-state index is -3.74. The molecule has 1 aliphatic rings. The normalized spacial score (nSPS) is 14.5. The predicted molar refractivity (Wildman–Crippen MR) is 163 cm³/mol. The second kappa shape index (κ2) is 13.1. The van der Waals surface area contributed by atoms with Gasteiger partial charge in [-0.3, -0.25) is 4.90 Å². The lowest BCUT2D eigenvalue weighted by Gasteiger charge is -2.16. The van der Waals surface area contributed by atoms with Crippen molar-refractivity contribution in [3.8, 4) is 5.75 Å². The Morgan fingerprint density at radius 1 is 0.927 bits per heavy atom. The third-order valence-corrected chi connectivity index (χ3v) is 8.53. The van der Waals surface area contributed by atoms with E-state index in [1.54, 1.807) is 30.5 Å². The number of benzene rings is 3. The maximum atomic E-state index is 13.1. The van der Waals surface area contributed by atoms with Crippen LogP contribution >= 0.6 is 0 Å². The number of anilines is 4. The summed E-state index contributed by atoms with van der Waals surface area (Å²) in [5, 5.41) is 6.47. The summed E-state index contributed by atoms with van der Waals surface area (Å²) in [7, 11) is -3.74. The van der Waals surface area contributed by atoms with Crippen LogP contribution in [0.5, 0.6) is 5.75 Å².